The van der Waals surface area contributed by atoms with Gasteiger partial charge in [0.2, 0.25) is 11.8 Å². The maximum absolute atomic E-state index is 13.7. The van der Waals surface area contributed by atoms with E-state index < -0.39 is 10.8 Å². The van der Waals surface area contributed by atoms with Gasteiger partial charge in [0.05, 0.1) is 32.0 Å². The summed E-state index contributed by atoms with van der Waals surface area (Å²) in [4.78, 5) is 61.4. The van der Waals surface area contributed by atoms with Crippen LogP contribution in [-0.2, 0) is 29.9 Å². The number of methoxy groups -OCH3 is 2. The highest BCUT2D eigenvalue weighted by atomic mass is 35.5. The average Bonchev–Trinajstić information content (AvgIpc) is 3.53. The Hall–Kier alpha value is -2.89. The van der Waals surface area contributed by atoms with Crippen LogP contribution in [0.25, 0.3) is 0 Å². The normalized spacial score (nSPS) is 18.3. The molecular formula is C50H75Cl3N4O6. The van der Waals surface area contributed by atoms with Crippen molar-refractivity contribution >= 4 is 70.6 Å². The lowest BCUT2D eigenvalue weighted by Crippen LogP contribution is -2.45. The molecule has 2 heterocycles. The van der Waals surface area contributed by atoms with Crippen molar-refractivity contribution in [2.24, 2.45) is 0 Å². The number of nitrogens with zero attached hydrogens (tertiary/aromatic N) is 4. The second kappa shape index (κ2) is 23.0. The second-order valence-corrected chi connectivity index (χ2v) is 20.3. The Bertz CT molecular complexity index is 1770. The van der Waals surface area contributed by atoms with Gasteiger partial charge in [-0.25, -0.2) is 0 Å². The Balaban J connectivity index is 0.000000272. The Kier molecular flexibility index (Phi) is 19.3. The first-order chi connectivity index (χ1) is 29.4. The van der Waals surface area contributed by atoms with Crippen LogP contribution in [0.1, 0.15) is 177 Å². The molecule has 63 heavy (non-hydrogen) atoms. The minimum absolute atomic E-state index is 0. The van der Waals surface area contributed by atoms with Crippen LogP contribution in [0.4, 0.5) is 11.4 Å². The van der Waals surface area contributed by atoms with Gasteiger partial charge < -0.3 is 29.1 Å². The van der Waals surface area contributed by atoms with Gasteiger partial charge in [0.25, 0.3) is 11.8 Å². The summed E-state index contributed by atoms with van der Waals surface area (Å²) < 4.78 is 10.3. The van der Waals surface area contributed by atoms with Gasteiger partial charge in [-0.15, -0.1) is 12.4 Å². The van der Waals surface area contributed by atoms with Gasteiger partial charge in [-0.2, -0.15) is 0 Å². The molecule has 4 amide bonds. The van der Waals surface area contributed by atoms with E-state index in [0.29, 0.717) is 47.5 Å². The maximum Gasteiger partial charge on any atom is 0.255 e. The highest BCUT2D eigenvalue weighted by molar-refractivity contribution is 6.35. The fourth-order valence-electron chi connectivity index (χ4n) is 10.1. The first-order valence-electron chi connectivity index (χ1n) is 23.3. The Morgan fingerprint density at radius 1 is 0.619 bits per heavy atom. The van der Waals surface area contributed by atoms with Crippen LogP contribution in [0.3, 0.4) is 0 Å². The third-order valence-electron chi connectivity index (χ3n) is 13.6. The molecule has 0 N–H and O–H groups in total. The number of hydrogen-bond acceptors (Lipinski definition) is 6. The van der Waals surface area contributed by atoms with Gasteiger partial charge >= 0.3 is 0 Å². The van der Waals surface area contributed by atoms with Crippen LogP contribution >= 0.6 is 35.6 Å². The van der Waals surface area contributed by atoms with Crippen molar-refractivity contribution in [1.82, 2.24) is 9.80 Å². The number of amides is 4. The van der Waals surface area contributed by atoms with Gasteiger partial charge in [-0.05, 0) is 142 Å². The molecule has 0 unspecified atom stereocenters. The van der Waals surface area contributed by atoms with E-state index in [1.807, 2.05) is 71.6 Å². The summed E-state index contributed by atoms with van der Waals surface area (Å²) in [7, 11) is 3.37. The van der Waals surface area contributed by atoms with E-state index in [4.69, 9.17) is 32.7 Å². The van der Waals surface area contributed by atoms with Gasteiger partial charge in [0.15, 0.2) is 0 Å². The number of rotatable bonds is 16. The number of ether oxygens (including phenoxy) is 2. The van der Waals surface area contributed by atoms with Gasteiger partial charge in [0, 0.05) is 76.1 Å². The zero-order valence-corrected chi connectivity index (χ0v) is 42.1. The molecule has 0 spiro atoms. The zero-order valence-electron chi connectivity index (χ0n) is 39.7. The molecule has 2 aliphatic carbocycles. The molecule has 0 aromatic heterocycles. The fourth-order valence-corrected chi connectivity index (χ4v) is 10.6. The van der Waals surface area contributed by atoms with Gasteiger partial charge in [0.1, 0.15) is 0 Å². The number of carbonyl (C=O) groups excluding carboxylic acids is 4. The molecule has 6 rings (SSSR count). The molecule has 4 aliphatic rings. The van der Waals surface area contributed by atoms with Crippen molar-refractivity contribution in [2.45, 2.75) is 180 Å². The third-order valence-corrected chi connectivity index (χ3v) is 14.2. The molecule has 2 aromatic rings. The number of unbranched alkanes of at least 4 members (excludes halogenated alkanes) is 2. The summed E-state index contributed by atoms with van der Waals surface area (Å²) in [5, 5.41) is 0.875. The molecule has 0 atom stereocenters. The monoisotopic (exact) mass is 932 g/mol. The van der Waals surface area contributed by atoms with E-state index in [0.717, 1.165) is 99.6 Å². The lowest BCUT2D eigenvalue weighted by molar-refractivity contribution is -0.122. The van der Waals surface area contributed by atoms with E-state index >= 15 is 0 Å². The van der Waals surface area contributed by atoms with Crippen LogP contribution in [0, 0.1) is 0 Å². The lowest BCUT2D eigenvalue weighted by atomic mass is 9.85. The maximum atomic E-state index is 13.7. The summed E-state index contributed by atoms with van der Waals surface area (Å²) in [5.74, 6) is 0.0829. The molecule has 0 bridgehead atoms. The quantitative estimate of drug-likeness (QED) is 0.155. The van der Waals surface area contributed by atoms with Crippen LogP contribution in [0.2, 0.25) is 10.0 Å². The molecule has 2 aromatic carbocycles. The van der Waals surface area contributed by atoms with Crippen LogP contribution in [-0.4, -0.2) is 98.1 Å². The van der Waals surface area contributed by atoms with Crippen molar-refractivity contribution in [3.05, 3.63) is 56.6 Å². The van der Waals surface area contributed by atoms with E-state index in [9.17, 15) is 19.2 Å². The Labute approximate surface area is 394 Å². The Morgan fingerprint density at radius 3 is 1.25 bits per heavy atom. The third kappa shape index (κ3) is 11.6. The van der Waals surface area contributed by atoms with Crippen molar-refractivity contribution in [3.63, 3.8) is 0 Å². The number of anilines is 2. The van der Waals surface area contributed by atoms with Crippen LogP contribution in [0.5, 0.6) is 0 Å². The minimum atomic E-state index is -0.650. The van der Waals surface area contributed by atoms with Crippen molar-refractivity contribution in [2.75, 3.05) is 50.3 Å². The van der Waals surface area contributed by atoms with Crippen LogP contribution in [0.15, 0.2) is 24.3 Å². The summed E-state index contributed by atoms with van der Waals surface area (Å²) in [6, 6.07) is 8.13. The summed E-state index contributed by atoms with van der Waals surface area (Å²) in [6.07, 6.45) is 14.8. The molecule has 2 saturated carbocycles. The number of fused-ring (bicyclic) bond motifs is 2. The molecular weight excluding hydrogens is 859 g/mol. The van der Waals surface area contributed by atoms with Crippen molar-refractivity contribution in [3.8, 4) is 0 Å². The van der Waals surface area contributed by atoms with Crippen LogP contribution < -0.4 is 9.80 Å². The average molecular weight is 935 g/mol. The Morgan fingerprint density at radius 2 is 0.952 bits per heavy atom. The number of carbonyl (C=O) groups is 4. The summed E-state index contributed by atoms with van der Waals surface area (Å²) in [6.45, 7) is 18.6. The molecule has 0 saturated heterocycles. The van der Waals surface area contributed by atoms with Gasteiger partial charge in [-0.1, -0.05) is 61.7 Å². The molecule has 352 valence electrons. The van der Waals surface area contributed by atoms with E-state index in [2.05, 4.69) is 27.7 Å². The molecule has 13 heteroatoms. The summed E-state index contributed by atoms with van der Waals surface area (Å²) in [5.41, 5.74) is 3.17. The molecule has 0 radical (unpaired) electrons. The largest absolute Gasteiger partial charge is 0.385 e. The topological polar surface area (TPSA) is 99.7 Å². The smallest absolute Gasteiger partial charge is 0.255 e. The minimum Gasteiger partial charge on any atom is -0.385 e. The lowest BCUT2D eigenvalue weighted by Gasteiger charge is -2.37. The SMILES string of the molecule is COCCCCN1C(=O)C(C)(C)c2cc(Cl)c(C(=O)N(C(C)C)C3CCCCC3)cc21.COCCCCN1C(=O)C(C)(C)c2cc(Cl)c(C(=O)N(C(C)C)C3CCCCC3)cc21.Cl. The number of benzene rings is 2. The standard InChI is InChI=1S/2C25H37ClN2O3.ClH/c2*1-17(2)28(18-11-7-6-8-12-18)23(29)19-15-22-20(16-21(19)26)25(3,4)24(30)27(22)13-9-10-14-31-5;/h2*15-18H,6-14H2,1-5H3;1H. The van der Waals surface area contributed by atoms with Crippen molar-refractivity contribution in [1.29, 1.82) is 0 Å². The second-order valence-electron chi connectivity index (χ2n) is 19.5. The molecule has 10 nitrogen and oxygen atoms in total. The molecule has 2 aliphatic heterocycles. The summed E-state index contributed by atoms with van der Waals surface area (Å²) >= 11 is 13.3. The number of hydrogen-bond donors (Lipinski definition) is 0. The predicted molar refractivity (Wildman–Crippen MR) is 259 cm³/mol. The van der Waals surface area contributed by atoms with E-state index in [-0.39, 0.29) is 60.2 Å². The highest BCUT2D eigenvalue weighted by Crippen LogP contribution is 2.46. The predicted octanol–water partition coefficient (Wildman–Crippen LogP) is 11.6. The zero-order chi connectivity index (χ0) is 45.5. The number of halogens is 3. The van der Waals surface area contributed by atoms with Gasteiger partial charge in [-0.3, -0.25) is 19.2 Å². The van der Waals surface area contributed by atoms with E-state index in [1.54, 1.807) is 14.2 Å². The highest BCUT2D eigenvalue weighted by Gasteiger charge is 2.46. The molecule has 2 fully saturated rings. The first-order valence-corrected chi connectivity index (χ1v) is 24.1. The van der Waals surface area contributed by atoms with E-state index in [1.165, 1.54) is 12.8 Å². The first kappa shape index (κ1) is 52.7. The van der Waals surface area contributed by atoms with Crippen molar-refractivity contribution < 1.29 is 28.7 Å². The fraction of sp³-hybridized carbons (Fsp3) is 0.680.